The van der Waals surface area contributed by atoms with Crippen molar-refractivity contribution in [2.24, 2.45) is 16.8 Å². The van der Waals surface area contributed by atoms with Gasteiger partial charge in [0.2, 0.25) is 0 Å². The van der Waals surface area contributed by atoms with Crippen molar-refractivity contribution in [3.05, 3.63) is 18.5 Å². The molecule has 1 heterocycles. The summed E-state index contributed by atoms with van der Waals surface area (Å²) < 4.78 is 1.92. The van der Waals surface area contributed by atoms with Crippen LogP contribution in [0, 0.1) is 11.8 Å². The third kappa shape index (κ3) is 5.35. The van der Waals surface area contributed by atoms with Crippen LogP contribution in [-0.4, -0.2) is 34.9 Å². The van der Waals surface area contributed by atoms with E-state index in [-0.39, 0.29) is 0 Å². The first-order valence-corrected chi connectivity index (χ1v) is 8.71. The van der Waals surface area contributed by atoms with Crippen molar-refractivity contribution in [1.82, 2.24) is 20.4 Å². The molecule has 22 heavy (non-hydrogen) atoms. The summed E-state index contributed by atoms with van der Waals surface area (Å²) in [6.45, 7) is 9.27. The highest BCUT2D eigenvalue weighted by molar-refractivity contribution is 5.80. The van der Waals surface area contributed by atoms with Gasteiger partial charge >= 0.3 is 0 Å². The molecule has 0 amide bonds. The molecule has 1 fully saturated rings. The fourth-order valence-corrected chi connectivity index (χ4v) is 3.14. The standard InChI is InChI=1S/C17H31N5/c1-4-18-17(19-11-13-22-12-5-10-20-22)21-16-8-6-15(7-9-16)14(2)3/h5,10,12,14-16H,4,6-9,11,13H2,1-3H3,(H2,18,19,21). The Labute approximate surface area is 134 Å². The number of guanidine groups is 1. The Bertz CT molecular complexity index is 430. The SMILES string of the molecule is CCNC(=NCCn1cccn1)NC1CCC(C(C)C)CC1. The zero-order valence-corrected chi connectivity index (χ0v) is 14.3. The molecule has 0 saturated heterocycles. The molecule has 0 bridgehead atoms. The second kappa shape index (κ2) is 8.81. The van der Waals surface area contributed by atoms with E-state index in [1.165, 1.54) is 25.7 Å². The van der Waals surface area contributed by atoms with Crippen molar-refractivity contribution in [2.75, 3.05) is 13.1 Å². The number of nitrogens with zero attached hydrogens (tertiary/aromatic N) is 3. The first kappa shape index (κ1) is 16.8. The lowest BCUT2D eigenvalue weighted by atomic mass is 9.80. The molecule has 0 aromatic carbocycles. The number of aromatic nitrogens is 2. The van der Waals surface area contributed by atoms with Crippen molar-refractivity contribution in [2.45, 2.75) is 59.0 Å². The van der Waals surface area contributed by atoms with Gasteiger partial charge in [0.05, 0.1) is 13.1 Å². The van der Waals surface area contributed by atoms with Gasteiger partial charge in [0, 0.05) is 25.0 Å². The van der Waals surface area contributed by atoms with Gasteiger partial charge in [0.25, 0.3) is 0 Å². The Morgan fingerprint density at radius 2 is 2.09 bits per heavy atom. The first-order valence-electron chi connectivity index (χ1n) is 8.71. The Hall–Kier alpha value is -1.52. The number of hydrogen-bond acceptors (Lipinski definition) is 2. The Morgan fingerprint density at radius 1 is 1.32 bits per heavy atom. The van der Waals surface area contributed by atoms with E-state index in [9.17, 15) is 0 Å². The summed E-state index contributed by atoms with van der Waals surface area (Å²) in [7, 11) is 0. The fraction of sp³-hybridized carbons (Fsp3) is 0.765. The van der Waals surface area contributed by atoms with Crippen molar-refractivity contribution >= 4 is 5.96 Å². The van der Waals surface area contributed by atoms with E-state index >= 15 is 0 Å². The molecule has 5 nitrogen and oxygen atoms in total. The Morgan fingerprint density at radius 3 is 2.68 bits per heavy atom. The molecule has 0 spiro atoms. The summed E-state index contributed by atoms with van der Waals surface area (Å²) in [6.07, 6.45) is 8.96. The molecule has 2 N–H and O–H groups in total. The molecule has 1 aliphatic rings. The maximum Gasteiger partial charge on any atom is 0.191 e. The predicted octanol–water partition coefficient (Wildman–Crippen LogP) is 2.65. The lowest BCUT2D eigenvalue weighted by Gasteiger charge is -2.32. The summed E-state index contributed by atoms with van der Waals surface area (Å²) in [5.74, 6) is 2.66. The number of nitrogens with one attached hydrogen (secondary N) is 2. The smallest absolute Gasteiger partial charge is 0.191 e. The van der Waals surface area contributed by atoms with Crippen molar-refractivity contribution in [3.8, 4) is 0 Å². The van der Waals surface area contributed by atoms with Gasteiger partial charge in [-0.05, 0) is 50.5 Å². The van der Waals surface area contributed by atoms with E-state index in [2.05, 4.69) is 41.5 Å². The third-order valence-corrected chi connectivity index (χ3v) is 4.56. The zero-order valence-electron chi connectivity index (χ0n) is 14.3. The molecule has 2 rings (SSSR count). The number of rotatable bonds is 6. The molecule has 0 radical (unpaired) electrons. The second-order valence-corrected chi connectivity index (χ2v) is 6.53. The molecular weight excluding hydrogens is 274 g/mol. The third-order valence-electron chi connectivity index (χ3n) is 4.56. The molecule has 1 aromatic rings. The maximum atomic E-state index is 4.67. The molecule has 0 unspecified atom stereocenters. The van der Waals surface area contributed by atoms with Crippen molar-refractivity contribution < 1.29 is 0 Å². The minimum Gasteiger partial charge on any atom is -0.357 e. The number of aliphatic imine (C=N–C) groups is 1. The summed E-state index contributed by atoms with van der Waals surface area (Å²) >= 11 is 0. The van der Waals surface area contributed by atoms with E-state index in [1.807, 2.05) is 16.9 Å². The molecule has 0 atom stereocenters. The molecule has 0 aliphatic heterocycles. The molecule has 1 aromatic heterocycles. The van der Waals surface area contributed by atoms with Gasteiger partial charge in [-0.3, -0.25) is 9.67 Å². The average molecular weight is 305 g/mol. The van der Waals surface area contributed by atoms with Crippen LogP contribution >= 0.6 is 0 Å². The normalized spacial score (nSPS) is 22.8. The van der Waals surface area contributed by atoms with Gasteiger partial charge in [-0.1, -0.05) is 13.8 Å². The van der Waals surface area contributed by atoms with E-state index in [0.29, 0.717) is 6.04 Å². The highest BCUT2D eigenvalue weighted by atomic mass is 15.3. The lowest BCUT2D eigenvalue weighted by molar-refractivity contribution is 0.250. The highest BCUT2D eigenvalue weighted by Crippen LogP contribution is 2.29. The molecule has 5 heteroatoms. The summed E-state index contributed by atoms with van der Waals surface area (Å²) in [4.78, 5) is 4.67. The van der Waals surface area contributed by atoms with Crippen LogP contribution in [0.25, 0.3) is 0 Å². The van der Waals surface area contributed by atoms with Crippen molar-refractivity contribution in [1.29, 1.82) is 0 Å². The van der Waals surface area contributed by atoms with E-state index in [4.69, 9.17) is 0 Å². The first-order chi connectivity index (χ1) is 10.7. The minimum absolute atomic E-state index is 0.567. The van der Waals surface area contributed by atoms with E-state index < -0.39 is 0 Å². The van der Waals surface area contributed by atoms with E-state index in [1.54, 1.807) is 6.20 Å². The maximum absolute atomic E-state index is 4.67. The Balaban J connectivity index is 1.78. The predicted molar refractivity (Wildman–Crippen MR) is 91.9 cm³/mol. The topological polar surface area (TPSA) is 54.2 Å². The largest absolute Gasteiger partial charge is 0.357 e. The van der Waals surface area contributed by atoms with Gasteiger partial charge in [-0.15, -0.1) is 0 Å². The van der Waals surface area contributed by atoms with Gasteiger partial charge in [0.15, 0.2) is 5.96 Å². The van der Waals surface area contributed by atoms with Gasteiger partial charge in [-0.2, -0.15) is 5.10 Å². The summed E-state index contributed by atoms with van der Waals surface area (Å²) in [5.41, 5.74) is 0. The van der Waals surface area contributed by atoms with Crippen LogP contribution in [-0.2, 0) is 6.54 Å². The summed E-state index contributed by atoms with van der Waals surface area (Å²) in [5, 5.41) is 11.2. The molecule has 1 aliphatic carbocycles. The molecule has 1 saturated carbocycles. The van der Waals surface area contributed by atoms with Gasteiger partial charge in [0.1, 0.15) is 0 Å². The lowest BCUT2D eigenvalue weighted by Crippen LogP contribution is -2.45. The second-order valence-electron chi connectivity index (χ2n) is 6.53. The summed E-state index contributed by atoms with van der Waals surface area (Å²) in [6, 6.07) is 2.51. The monoisotopic (exact) mass is 305 g/mol. The highest BCUT2D eigenvalue weighted by Gasteiger charge is 2.23. The van der Waals surface area contributed by atoms with Crippen LogP contribution in [0.1, 0.15) is 46.5 Å². The van der Waals surface area contributed by atoms with E-state index in [0.717, 1.165) is 37.4 Å². The van der Waals surface area contributed by atoms with Gasteiger partial charge in [-0.25, -0.2) is 0 Å². The van der Waals surface area contributed by atoms with Crippen LogP contribution in [0.3, 0.4) is 0 Å². The number of hydrogen-bond donors (Lipinski definition) is 2. The molecular formula is C17H31N5. The van der Waals surface area contributed by atoms with Crippen LogP contribution in [0.15, 0.2) is 23.5 Å². The Kier molecular flexibility index (Phi) is 6.74. The van der Waals surface area contributed by atoms with Crippen LogP contribution in [0.5, 0.6) is 0 Å². The quantitative estimate of drug-likeness (QED) is 0.627. The van der Waals surface area contributed by atoms with Crippen molar-refractivity contribution in [3.63, 3.8) is 0 Å². The van der Waals surface area contributed by atoms with Crippen LogP contribution in [0.2, 0.25) is 0 Å². The zero-order chi connectivity index (χ0) is 15.8. The van der Waals surface area contributed by atoms with Gasteiger partial charge < -0.3 is 10.6 Å². The fourth-order valence-electron chi connectivity index (χ4n) is 3.14. The minimum atomic E-state index is 0.567. The molecule has 124 valence electrons. The van der Waals surface area contributed by atoms with Crippen LogP contribution in [0.4, 0.5) is 0 Å². The van der Waals surface area contributed by atoms with Crippen LogP contribution < -0.4 is 10.6 Å². The average Bonchev–Trinajstić information content (AvgIpc) is 3.01.